The molecule has 0 saturated heterocycles. The Morgan fingerprint density at radius 2 is 2.15 bits per heavy atom. The molecule has 0 aliphatic carbocycles. The molecule has 0 fully saturated rings. The largest absolute Gasteiger partial charge is 0.503 e. The van der Waals surface area contributed by atoms with E-state index in [9.17, 15) is 9.90 Å². The third-order valence-corrected chi connectivity index (χ3v) is 2.11. The van der Waals surface area contributed by atoms with Gasteiger partial charge in [-0.2, -0.15) is 0 Å². The molecule has 0 saturated carbocycles. The molecule has 0 aliphatic rings. The monoisotopic (exact) mass is 175 g/mol. The van der Waals surface area contributed by atoms with Crippen LogP contribution in [0.15, 0.2) is 29.2 Å². The Bertz CT molecular complexity index is 514. The fourth-order valence-corrected chi connectivity index (χ4v) is 1.38. The summed E-state index contributed by atoms with van der Waals surface area (Å²) >= 11 is 0. The van der Waals surface area contributed by atoms with Crippen molar-refractivity contribution in [2.45, 2.75) is 6.92 Å². The SMILES string of the molecule is Cc1c[nH]c2c(O)c(=O)cccc12. The second-order valence-corrected chi connectivity index (χ2v) is 3.00. The smallest absolute Gasteiger partial charge is 0.222 e. The Kier molecular flexibility index (Phi) is 1.59. The summed E-state index contributed by atoms with van der Waals surface area (Å²) in [5, 5.41) is 10.4. The van der Waals surface area contributed by atoms with E-state index in [4.69, 9.17) is 0 Å². The lowest BCUT2D eigenvalue weighted by Gasteiger charge is -1.86. The molecule has 0 aliphatic heterocycles. The lowest BCUT2D eigenvalue weighted by atomic mass is 10.2. The van der Waals surface area contributed by atoms with Gasteiger partial charge in [0.05, 0.1) is 5.52 Å². The number of aromatic amines is 1. The fourth-order valence-electron chi connectivity index (χ4n) is 1.38. The number of hydrogen-bond donors (Lipinski definition) is 2. The summed E-state index contributed by atoms with van der Waals surface area (Å²) < 4.78 is 0. The first-order valence-corrected chi connectivity index (χ1v) is 4.00. The molecule has 0 bridgehead atoms. The van der Waals surface area contributed by atoms with Gasteiger partial charge in [0, 0.05) is 11.6 Å². The van der Waals surface area contributed by atoms with Crippen LogP contribution in [0.3, 0.4) is 0 Å². The second-order valence-electron chi connectivity index (χ2n) is 3.00. The Morgan fingerprint density at radius 3 is 2.92 bits per heavy atom. The number of nitrogens with one attached hydrogen (secondary N) is 1. The molecule has 1 aromatic carbocycles. The standard InChI is InChI=1S/C10H9NO2/c1-6-5-11-9-7(6)3-2-4-8(12)10(9)13/h2-5,11H,1H3,(H,12,13). The van der Waals surface area contributed by atoms with E-state index < -0.39 is 0 Å². The second kappa shape index (κ2) is 2.62. The molecule has 1 heterocycles. The summed E-state index contributed by atoms with van der Waals surface area (Å²) in [7, 11) is 0. The van der Waals surface area contributed by atoms with E-state index in [1.54, 1.807) is 12.3 Å². The molecule has 3 heteroatoms. The molecule has 0 spiro atoms. The van der Waals surface area contributed by atoms with E-state index in [1.807, 2.05) is 13.0 Å². The fraction of sp³-hybridized carbons (Fsp3) is 0.100. The first-order valence-electron chi connectivity index (χ1n) is 4.00. The summed E-state index contributed by atoms with van der Waals surface area (Å²) in [4.78, 5) is 14.0. The Labute approximate surface area is 74.7 Å². The summed E-state index contributed by atoms with van der Waals surface area (Å²) in [5.74, 6) is -0.215. The van der Waals surface area contributed by atoms with Crippen LogP contribution in [-0.2, 0) is 0 Å². The van der Waals surface area contributed by atoms with Gasteiger partial charge in [-0.25, -0.2) is 0 Å². The van der Waals surface area contributed by atoms with E-state index in [1.165, 1.54) is 6.07 Å². The van der Waals surface area contributed by atoms with Gasteiger partial charge in [-0.1, -0.05) is 12.1 Å². The van der Waals surface area contributed by atoms with E-state index in [2.05, 4.69) is 4.98 Å². The maximum absolute atomic E-state index is 11.2. The minimum Gasteiger partial charge on any atom is -0.503 e. The van der Waals surface area contributed by atoms with Crippen LogP contribution in [0, 0.1) is 6.92 Å². The molecule has 66 valence electrons. The van der Waals surface area contributed by atoms with Gasteiger partial charge in [-0.05, 0) is 18.6 Å². The number of rotatable bonds is 0. The van der Waals surface area contributed by atoms with Crippen LogP contribution in [0.5, 0.6) is 5.75 Å². The van der Waals surface area contributed by atoms with Crippen molar-refractivity contribution in [2.75, 3.05) is 0 Å². The molecule has 0 radical (unpaired) electrons. The molecular weight excluding hydrogens is 166 g/mol. The number of aromatic hydroxyl groups is 1. The van der Waals surface area contributed by atoms with E-state index in [0.29, 0.717) is 5.52 Å². The number of aryl methyl sites for hydroxylation is 1. The van der Waals surface area contributed by atoms with Gasteiger partial charge in [0.1, 0.15) is 0 Å². The normalized spacial score (nSPS) is 10.5. The predicted octanol–water partition coefficient (Wildman–Crippen LogP) is 1.54. The molecule has 2 aromatic rings. The first kappa shape index (κ1) is 7.86. The highest BCUT2D eigenvalue weighted by Gasteiger charge is 2.04. The summed E-state index contributed by atoms with van der Waals surface area (Å²) in [6.45, 7) is 1.92. The van der Waals surface area contributed by atoms with Crippen LogP contribution in [0.1, 0.15) is 5.56 Å². The van der Waals surface area contributed by atoms with E-state index in [-0.39, 0.29) is 11.2 Å². The minimum absolute atomic E-state index is 0.215. The lowest BCUT2D eigenvalue weighted by Crippen LogP contribution is -1.92. The highest BCUT2D eigenvalue weighted by molar-refractivity contribution is 5.86. The van der Waals surface area contributed by atoms with Crippen molar-refractivity contribution in [3.05, 3.63) is 40.2 Å². The van der Waals surface area contributed by atoms with Crippen molar-refractivity contribution in [2.24, 2.45) is 0 Å². The Hall–Kier alpha value is -1.77. The highest BCUT2D eigenvalue weighted by Crippen LogP contribution is 2.20. The number of hydrogen-bond acceptors (Lipinski definition) is 2. The summed E-state index contributed by atoms with van der Waals surface area (Å²) in [5.41, 5.74) is 1.16. The van der Waals surface area contributed by atoms with Crippen molar-refractivity contribution < 1.29 is 5.11 Å². The predicted molar refractivity (Wildman–Crippen MR) is 51.0 cm³/mol. The van der Waals surface area contributed by atoms with Crippen LogP contribution >= 0.6 is 0 Å². The maximum atomic E-state index is 11.2. The van der Waals surface area contributed by atoms with Crippen molar-refractivity contribution >= 4 is 10.9 Å². The first-order chi connectivity index (χ1) is 6.20. The quantitative estimate of drug-likeness (QED) is 0.638. The van der Waals surface area contributed by atoms with Gasteiger partial charge in [-0.3, -0.25) is 4.79 Å². The van der Waals surface area contributed by atoms with Crippen molar-refractivity contribution in [1.29, 1.82) is 0 Å². The summed E-state index contributed by atoms with van der Waals surface area (Å²) in [6.07, 6.45) is 1.77. The molecule has 13 heavy (non-hydrogen) atoms. The van der Waals surface area contributed by atoms with Crippen LogP contribution < -0.4 is 5.43 Å². The van der Waals surface area contributed by atoms with Gasteiger partial charge in [0.25, 0.3) is 0 Å². The summed E-state index contributed by atoms with van der Waals surface area (Å²) in [6, 6.07) is 4.80. The zero-order valence-electron chi connectivity index (χ0n) is 7.16. The van der Waals surface area contributed by atoms with Gasteiger partial charge in [0.2, 0.25) is 5.43 Å². The third kappa shape index (κ3) is 1.09. The lowest BCUT2D eigenvalue weighted by molar-refractivity contribution is 0.476. The number of aromatic nitrogens is 1. The van der Waals surface area contributed by atoms with Crippen molar-refractivity contribution in [3.8, 4) is 5.75 Å². The average Bonchev–Trinajstić information content (AvgIpc) is 2.40. The van der Waals surface area contributed by atoms with Crippen LogP contribution in [-0.4, -0.2) is 10.1 Å². The Balaban J connectivity index is 3.07. The van der Waals surface area contributed by atoms with Gasteiger partial charge in [0.15, 0.2) is 5.75 Å². The maximum Gasteiger partial charge on any atom is 0.222 e. The topological polar surface area (TPSA) is 53.1 Å². The van der Waals surface area contributed by atoms with Gasteiger partial charge >= 0.3 is 0 Å². The molecule has 2 N–H and O–H groups in total. The number of fused-ring (bicyclic) bond motifs is 1. The highest BCUT2D eigenvalue weighted by atomic mass is 16.3. The number of H-pyrrole nitrogens is 1. The van der Waals surface area contributed by atoms with Crippen LogP contribution in [0.25, 0.3) is 10.9 Å². The molecule has 3 nitrogen and oxygen atoms in total. The average molecular weight is 175 g/mol. The molecule has 2 rings (SSSR count). The van der Waals surface area contributed by atoms with Gasteiger partial charge < -0.3 is 10.1 Å². The molecule has 0 unspecified atom stereocenters. The molecular formula is C10H9NO2. The van der Waals surface area contributed by atoms with E-state index >= 15 is 0 Å². The van der Waals surface area contributed by atoms with Crippen LogP contribution in [0.2, 0.25) is 0 Å². The Morgan fingerprint density at radius 1 is 1.38 bits per heavy atom. The third-order valence-electron chi connectivity index (χ3n) is 2.11. The molecule has 0 amide bonds. The van der Waals surface area contributed by atoms with Crippen molar-refractivity contribution in [3.63, 3.8) is 0 Å². The molecule has 1 aromatic heterocycles. The zero-order valence-corrected chi connectivity index (χ0v) is 7.16. The zero-order chi connectivity index (χ0) is 9.42. The minimum atomic E-state index is -0.364. The van der Waals surface area contributed by atoms with Crippen LogP contribution in [0.4, 0.5) is 0 Å². The van der Waals surface area contributed by atoms with Crippen molar-refractivity contribution in [1.82, 2.24) is 4.98 Å². The van der Waals surface area contributed by atoms with E-state index in [0.717, 1.165) is 10.9 Å². The molecule has 0 atom stereocenters. The van der Waals surface area contributed by atoms with Gasteiger partial charge in [-0.15, -0.1) is 0 Å².